The van der Waals surface area contributed by atoms with E-state index in [1.54, 1.807) is 25.1 Å². The van der Waals surface area contributed by atoms with E-state index in [-0.39, 0.29) is 22.1 Å². The molecule has 12 heteroatoms. The van der Waals surface area contributed by atoms with Crippen molar-refractivity contribution < 1.29 is 21.6 Å². The Kier molecular flexibility index (Phi) is 5.73. The number of nitrogens with zero attached hydrogens (tertiary/aromatic N) is 3. The Hall–Kier alpha value is -2.74. The third-order valence-electron chi connectivity index (χ3n) is 3.95. The van der Waals surface area contributed by atoms with Crippen LogP contribution in [0.5, 0.6) is 0 Å². The first-order valence-corrected chi connectivity index (χ1v) is 10.3. The molecule has 6 nitrogen and oxygen atoms in total. The predicted molar refractivity (Wildman–Crippen MR) is 105 cm³/mol. The second-order valence-corrected chi connectivity index (χ2v) is 8.64. The van der Waals surface area contributed by atoms with E-state index in [0.29, 0.717) is 12.1 Å². The van der Waals surface area contributed by atoms with Crippen molar-refractivity contribution in [3.8, 4) is 11.8 Å². The summed E-state index contributed by atoms with van der Waals surface area (Å²) in [4.78, 5) is -0.0658. The number of aryl methyl sites for hydroxylation is 1. The molecule has 0 spiro atoms. The van der Waals surface area contributed by atoms with Gasteiger partial charge in [0.25, 0.3) is 10.0 Å². The molecule has 0 fully saturated rings. The van der Waals surface area contributed by atoms with Crippen molar-refractivity contribution in [2.75, 3.05) is 4.72 Å². The standard InChI is InChI=1S/C18H11Cl2F3N4O2S/c1-10-2-4-13(5-3-10)30(28,29)26-16-8-12(9-24)25-27(16)17-14(19)6-11(7-15(17)20)18(21,22)23/h2-8,26H,1H3. The van der Waals surface area contributed by atoms with Crippen LogP contribution in [0.4, 0.5) is 19.0 Å². The van der Waals surface area contributed by atoms with Crippen molar-refractivity contribution in [3.63, 3.8) is 0 Å². The number of anilines is 1. The summed E-state index contributed by atoms with van der Waals surface area (Å²) in [5.74, 6) is -0.226. The molecule has 0 aliphatic carbocycles. The number of benzene rings is 2. The molecule has 3 aromatic rings. The van der Waals surface area contributed by atoms with E-state index in [0.717, 1.165) is 16.3 Å². The van der Waals surface area contributed by atoms with Crippen LogP contribution in [0.25, 0.3) is 5.69 Å². The van der Waals surface area contributed by atoms with Gasteiger partial charge in [0.15, 0.2) is 5.69 Å². The van der Waals surface area contributed by atoms with E-state index in [1.165, 1.54) is 12.1 Å². The molecule has 0 atom stereocenters. The van der Waals surface area contributed by atoms with Crippen LogP contribution in [0, 0.1) is 18.3 Å². The maximum Gasteiger partial charge on any atom is 0.416 e. The molecule has 0 radical (unpaired) electrons. The summed E-state index contributed by atoms with van der Waals surface area (Å²) < 4.78 is 67.5. The molecular formula is C18H11Cl2F3N4O2S. The van der Waals surface area contributed by atoms with Gasteiger partial charge in [-0.05, 0) is 31.2 Å². The fraction of sp³-hybridized carbons (Fsp3) is 0.111. The molecular weight excluding hydrogens is 464 g/mol. The molecule has 0 unspecified atom stereocenters. The molecule has 0 saturated carbocycles. The quantitative estimate of drug-likeness (QED) is 0.564. The van der Waals surface area contributed by atoms with Crippen molar-refractivity contribution in [2.45, 2.75) is 18.0 Å². The Morgan fingerprint density at radius 2 is 1.67 bits per heavy atom. The van der Waals surface area contributed by atoms with Gasteiger partial charge in [0.05, 0.1) is 20.5 Å². The lowest BCUT2D eigenvalue weighted by molar-refractivity contribution is -0.137. The summed E-state index contributed by atoms with van der Waals surface area (Å²) >= 11 is 12.0. The summed E-state index contributed by atoms with van der Waals surface area (Å²) in [6, 6.07) is 10.0. The second-order valence-electron chi connectivity index (χ2n) is 6.14. The van der Waals surface area contributed by atoms with Crippen LogP contribution in [-0.4, -0.2) is 18.2 Å². The van der Waals surface area contributed by atoms with Crippen molar-refractivity contribution >= 4 is 39.0 Å². The average molecular weight is 475 g/mol. The number of alkyl halides is 3. The summed E-state index contributed by atoms with van der Waals surface area (Å²) in [6.45, 7) is 1.78. The van der Waals surface area contributed by atoms with Gasteiger partial charge in [-0.3, -0.25) is 4.72 Å². The Bertz CT molecular complexity index is 1240. The molecule has 156 valence electrons. The normalized spacial score (nSPS) is 11.9. The van der Waals surface area contributed by atoms with E-state index >= 15 is 0 Å². The van der Waals surface area contributed by atoms with Crippen LogP contribution in [0.2, 0.25) is 10.0 Å². The van der Waals surface area contributed by atoms with Gasteiger partial charge < -0.3 is 0 Å². The highest BCUT2D eigenvalue weighted by molar-refractivity contribution is 7.92. The molecule has 30 heavy (non-hydrogen) atoms. The topological polar surface area (TPSA) is 87.8 Å². The number of rotatable bonds is 4. The van der Waals surface area contributed by atoms with Gasteiger partial charge in [-0.2, -0.15) is 23.5 Å². The van der Waals surface area contributed by atoms with Crippen molar-refractivity contribution in [3.05, 3.63) is 69.3 Å². The van der Waals surface area contributed by atoms with Crippen molar-refractivity contribution in [1.82, 2.24) is 9.78 Å². The monoisotopic (exact) mass is 474 g/mol. The van der Waals surface area contributed by atoms with Crippen LogP contribution >= 0.6 is 23.2 Å². The van der Waals surface area contributed by atoms with Gasteiger partial charge in [0, 0.05) is 6.07 Å². The Morgan fingerprint density at radius 1 is 1.10 bits per heavy atom. The second kappa shape index (κ2) is 7.83. The fourth-order valence-corrected chi connectivity index (χ4v) is 4.20. The summed E-state index contributed by atoms with van der Waals surface area (Å²) in [6.07, 6.45) is -4.69. The molecule has 1 heterocycles. The number of aromatic nitrogens is 2. The van der Waals surface area contributed by atoms with Gasteiger partial charge >= 0.3 is 6.18 Å². The minimum Gasteiger partial charge on any atom is -0.263 e. The van der Waals surface area contributed by atoms with E-state index in [9.17, 15) is 21.6 Å². The average Bonchev–Trinajstić information content (AvgIpc) is 3.02. The van der Waals surface area contributed by atoms with E-state index in [4.69, 9.17) is 28.5 Å². The maximum atomic E-state index is 13.0. The third-order valence-corrected chi connectivity index (χ3v) is 5.90. The number of hydrogen-bond donors (Lipinski definition) is 1. The molecule has 0 aliphatic rings. The van der Waals surface area contributed by atoms with Crippen LogP contribution in [0.3, 0.4) is 0 Å². The predicted octanol–water partition coefficient (Wildman–Crippen LogP) is 5.18. The molecule has 1 N–H and O–H groups in total. The highest BCUT2D eigenvalue weighted by atomic mass is 35.5. The maximum absolute atomic E-state index is 13.0. The molecule has 0 saturated heterocycles. The van der Waals surface area contributed by atoms with E-state index in [2.05, 4.69) is 9.82 Å². The number of nitrogens with one attached hydrogen (secondary N) is 1. The number of halogens is 5. The fourth-order valence-electron chi connectivity index (χ4n) is 2.52. The van der Waals surface area contributed by atoms with Crippen molar-refractivity contribution in [2.24, 2.45) is 0 Å². The van der Waals surface area contributed by atoms with Gasteiger partial charge in [0.2, 0.25) is 0 Å². The largest absolute Gasteiger partial charge is 0.416 e. The molecule has 0 amide bonds. The Morgan fingerprint density at radius 3 is 2.17 bits per heavy atom. The number of sulfonamides is 1. The molecule has 3 rings (SSSR count). The zero-order chi connectivity index (χ0) is 22.3. The lowest BCUT2D eigenvalue weighted by atomic mass is 10.2. The van der Waals surface area contributed by atoms with Gasteiger partial charge in [-0.25, -0.2) is 13.1 Å². The van der Waals surface area contributed by atoms with Crippen LogP contribution in [0.1, 0.15) is 16.8 Å². The minimum absolute atomic E-state index is 0.0658. The summed E-state index contributed by atoms with van der Waals surface area (Å²) in [7, 11) is -4.10. The summed E-state index contributed by atoms with van der Waals surface area (Å²) in [5, 5.41) is 12.2. The highest BCUT2D eigenvalue weighted by Gasteiger charge is 2.33. The lowest BCUT2D eigenvalue weighted by Crippen LogP contribution is -2.16. The zero-order valence-corrected chi connectivity index (χ0v) is 17.3. The SMILES string of the molecule is Cc1ccc(S(=O)(=O)Nc2cc(C#N)nn2-c2c(Cl)cc(C(F)(F)F)cc2Cl)cc1. The van der Waals surface area contributed by atoms with E-state index < -0.39 is 31.8 Å². The first-order chi connectivity index (χ1) is 13.9. The minimum atomic E-state index is -4.69. The first kappa shape index (κ1) is 22.0. The number of hydrogen-bond acceptors (Lipinski definition) is 4. The molecule has 0 bridgehead atoms. The van der Waals surface area contributed by atoms with Crippen LogP contribution in [0.15, 0.2) is 47.4 Å². The zero-order valence-electron chi connectivity index (χ0n) is 15.0. The Labute approximate surface area is 179 Å². The molecule has 0 aliphatic heterocycles. The van der Waals surface area contributed by atoms with Gasteiger partial charge in [-0.15, -0.1) is 0 Å². The third kappa shape index (κ3) is 4.38. The summed E-state index contributed by atoms with van der Waals surface area (Å²) in [5.41, 5.74) is -0.664. The number of nitriles is 1. The van der Waals surface area contributed by atoms with Crippen LogP contribution in [-0.2, 0) is 16.2 Å². The first-order valence-electron chi connectivity index (χ1n) is 8.08. The van der Waals surface area contributed by atoms with Crippen LogP contribution < -0.4 is 4.72 Å². The van der Waals surface area contributed by atoms with Crippen molar-refractivity contribution in [1.29, 1.82) is 5.26 Å². The Balaban J connectivity index is 2.12. The van der Waals surface area contributed by atoms with E-state index in [1.807, 2.05) is 0 Å². The lowest BCUT2D eigenvalue weighted by Gasteiger charge is -2.15. The molecule has 1 aromatic heterocycles. The highest BCUT2D eigenvalue weighted by Crippen LogP contribution is 2.38. The smallest absolute Gasteiger partial charge is 0.263 e. The van der Waals surface area contributed by atoms with Gasteiger partial charge in [0.1, 0.15) is 17.6 Å². The van der Waals surface area contributed by atoms with Gasteiger partial charge in [-0.1, -0.05) is 40.9 Å². The molecule has 2 aromatic carbocycles.